The van der Waals surface area contributed by atoms with Gasteiger partial charge in [-0.3, -0.25) is 14.4 Å². The van der Waals surface area contributed by atoms with Gasteiger partial charge in [0.1, 0.15) is 23.9 Å². The van der Waals surface area contributed by atoms with Gasteiger partial charge in [0.15, 0.2) is 0 Å². The number of aromatic hydroxyl groups is 1. The standard InChI is InChI=1S/C22H32N4O7S/c1-34-10-8-16(22(32)33)24-20(30)17(11-13-4-6-14(28)7-5-13)25-21(31)18(12-27)26-19(29)15-3-2-9-23-15/h4-7,15-18,23,27-28H,2-3,8-12H2,1H3,(H,24,30)(H,25,31)(H,26,29)(H,32,33). The molecule has 11 nitrogen and oxygen atoms in total. The van der Waals surface area contributed by atoms with E-state index >= 15 is 0 Å². The summed E-state index contributed by atoms with van der Waals surface area (Å²) in [6.07, 6.45) is 3.46. The van der Waals surface area contributed by atoms with Gasteiger partial charge >= 0.3 is 5.97 Å². The molecule has 1 aliphatic heterocycles. The molecule has 1 aliphatic rings. The summed E-state index contributed by atoms with van der Waals surface area (Å²) >= 11 is 1.44. The van der Waals surface area contributed by atoms with Crippen molar-refractivity contribution in [3.05, 3.63) is 29.8 Å². The highest BCUT2D eigenvalue weighted by atomic mass is 32.2. The van der Waals surface area contributed by atoms with E-state index in [0.717, 1.165) is 6.42 Å². The topological polar surface area (TPSA) is 177 Å². The molecule has 1 aromatic rings. The molecule has 1 aromatic carbocycles. The molecule has 0 radical (unpaired) electrons. The summed E-state index contributed by atoms with van der Waals surface area (Å²) in [5.74, 6) is -2.56. The summed E-state index contributed by atoms with van der Waals surface area (Å²) in [5.41, 5.74) is 0.606. The van der Waals surface area contributed by atoms with E-state index in [1.54, 1.807) is 12.1 Å². The zero-order valence-corrected chi connectivity index (χ0v) is 19.8. The van der Waals surface area contributed by atoms with Gasteiger partial charge in [-0.25, -0.2) is 4.79 Å². The van der Waals surface area contributed by atoms with Crippen molar-refractivity contribution in [1.29, 1.82) is 0 Å². The van der Waals surface area contributed by atoms with Crippen molar-refractivity contribution in [2.24, 2.45) is 0 Å². The molecule has 4 unspecified atom stereocenters. The molecule has 34 heavy (non-hydrogen) atoms. The van der Waals surface area contributed by atoms with Crippen molar-refractivity contribution in [1.82, 2.24) is 21.3 Å². The van der Waals surface area contributed by atoms with E-state index in [1.165, 1.54) is 23.9 Å². The summed E-state index contributed by atoms with van der Waals surface area (Å²) < 4.78 is 0. The van der Waals surface area contributed by atoms with Gasteiger partial charge < -0.3 is 36.6 Å². The predicted octanol–water partition coefficient (Wildman–Crippen LogP) is -1.03. The molecule has 0 spiro atoms. The van der Waals surface area contributed by atoms with E-state index in [0.29, 0.717) is 24.3 Å². The van der Waals surface area contributed by atoms with Gasteiger partial charge in [-0.1, -0.05) is 12.1 Å². The second-order valence-corrected chi connectivity index (χ2v) is 8.99. The number of benzene rings is 1. The Morgan fingerprint density at radius 1 is 1.06 bits per heavy atom. The van der Waals surface area contributed by atoms with Gasteiger partial charge in [0.25, 0.3) is 0 Å². The van der Waals surface area contributed by atoms with Gasteiger partial charge in [0.2, 0.25) is 17.7 Å². The lowest BCUT2D eigenvalue weighted by Crippen LogP contribution is -2.58. The molecule has 2 rings (SSSR count). The lowest BCUT2D eigenvalue weighted by Gasteiger charge is -2.24. The maximum absolute atomic E-state index is 13.0. The molecule has 1 saturated heterocycles. The Kier molecular flexibility index (Phi) is 11.1. The fourth-order valence-electron chi connectivity index (χ4n) is 3.49. The van der Waals surface area contributed by atoms with Gasteiger partial charge in [-0.15, -0.1) is 0 Å². The van der Waals surface area contributed by atoms with Crippen molar-refractivity contribution >= 4 is 35.5 Å². The maximum atomic E-state index is 13.0. The molecule has 0 bridgehead atoms. The molecule has 1 heterocycles. The molecule has 4 atom stereocenters. The molecule has 1 fully saturated rings. The van der Waals surface area contributed by atoms with E-state index in [9.17, 15) is 34.5 Å². The van der Waals surface area contributed by atoms with Crippen molar-refractivity contribution < 1.29 is 34.5 Å². The van der Waals surface area contributed by atoms with Crippen LogP contribution >= 0.6 is 11.8 Å². The molecule has 0 aliphatic carbocycles. The third kappa shape index (κ3) is 8.50. The molecule has 7 N–H and O–H groups in total. The van der Waals surface area contributed by atoms with Gasteiger partial charge in [0, 0.05) is 6.42 Å². The zero-order chi connectivity index (χ0) is 25.1. The number of carboxylic acid groups (broad SMARTS) is 1. The number of hydrogen-bond acceptors (Lipinski definition) is 8. The van der Waals surface area contributed by atoms with E-state index in [2.05, 4.69) is 21.3 Å². The van der Waals surface area contributed by atoms with Crippen LogP contribution in [0.1, 0.15) is 24.8 Å². The number of thioether (sulfide) groups is 1. The van der Waals surface area contributed by atoms with E-state index < -0.39 is 54.5 Å². The predicted molar refractivity (Wildman–Crippen MR) is 126 cm³/mol. The van der Waals surface area contributed by atoms with Crippen molar-refractivity contribution in [3.63, 3.8) is 0 Å². The van der Waals surface area contributed by atoms with Crippen molar-refractivity contribution in [3.8, 4) is 5.75 Å². The van der Waals surface area contributed by atoms with Crippen LogP contribution in [-0.4, -0.2) is 88.3 Å². The van der Waals surface area contributed by atoms with Crippen molar-refractivity contribution in [2.45, 2.75) is 49.9 Å². The minimum atomic E-state index is -1.28. The SMILES string of the molecule is CSCCC(NC(=O)C(Cc1ccc(O)cc1)NC(=O)C(CO)NC(=O)C1CCCN1)C(=O)O. The van der Waals surface area contributed by atoms with Crippen LogP contribution in [0, 0.1) is 0 Å². The number of carboxylic acids is 1. The Balaban J connectivity index is 2.13. The van der Waals surface area contributed by atoms with Gasteiger partial charge in [-0.05, 0) is 55.5 Å². The molecule has 188 valence electrons. The number of aliphatic carboxylic acids is 1. The van der Waals surface area contributed by atoms with Crippen molar-refractivity contribution in [2.75, 3.05) is 25.2 Å². The number of phenols is 1. The minimum absolute atomic E-state index is 0.00297. The molecule has 0 saturated carbocycles. The van der Waals surface area contributed by atoms with Gasteiger partial charge in [-0.2, -0.15) is 11.8 Å². The van der Waals surface area contributed by atoms with E-state index in [4.69, 9.17) is 0 Å². The first kappa shape index (κ1) is 27.4. The number of amides is 3. The van der Waals surface area contributed by atoms with Gasteiger partial charge in [0.05, 0.1) is 12.6 Å². The molecular weight excluding hydrogens is 464 g/mol. The first-order valence-corrected chi connectivity index (χ1v) is 12.4. The van der Waals surface area contributed by atoms with Crippen LogP contribution in [0.3, 0.4) is 0 Å². The van der Waals surface area contributed by atoms with Crippen LogP contribution in [0.25, 0.3) is 0 Å². The van der Waals surface area contributed by atoms with Crippen LogP contribution in [0.5, 0.6) is 5.75 Å². The smallest absolute Gasteiger partial charge is 0.326 e. The van der Waals surface area contributed by atoms with Crippen LogP contribution in [0.4, 0.5) is 0 Å². The number of aliphatic hydroxyl groups excluding tert-OH is 1. The number of phenolic OH excluding ortho intramolecular Hbond substituents is 1. The Morgan fingerprint density at radius 2 is 1.71 bits per heavy atom. The van der Waals surface area contributed by atoms with Crippen LogP contribution in [0.2, 0.25) is 0 Å². The lowest BCUT2D eigenvalue weighted by molar-refractivity contribution is -0.142. The molecule has 3 amide bonds. The second kappa shape index (κ2) is 13.8. The summed E-state index contributed by atoms with van der Waals surface area (Å²) in [6.45, 7) is 0.00749. The third-order valence-corrected chi connectivity index (χ3v) is 6.07. The van der Waals surface area contributed by atoms with Crippen LogP contribution in [0.15, 0.2) is 24.3 Å². The highest BCUT2D eigenvalue weighted by Crippen LogP contribution is 2.12. The molecule has 12 heteroatoms. The van der Waals surface area contributed by atoms with E-state index in [-0.39, 0.29) is 18.6 Å². The summed E-state index contributed by atoms with van der Waals surface area (Å²) in [4.78, 5) is 49.7. The number of nitrogens with one attached hydrogen (secondary N) is 4. The minimum Gasteiger partial charge on any atom is -0.508 e. The highest BCUT2D eigenvalue weighted by molar-refractivity contribution is 7.98. The monoisotopic (exact) mass is 496 g/mol. The first-order chi connectivity index (χ1) is 16.2. The largest absolute Gasteiger partial charge is 0.508 e. The number of hydrogen-bond donors (Lipinski definition) is 7. The normalized spacial score (nSPS) is 17.9. The van der Waals surface area contributed by atoms with Crippen LogP contribution in [-0.2, 0) is 25.6 Å². The average molecular weight is 497 g/mol. The highest BCUT2D eigenvalue weighted by Gasteiger charge is 2.31. The van der Waals surface area contributed by atoms with Crippen LogP contribution < -0.4 is 21.3 Å². The number of aliphatic hydroxyl groups is 1. The average Bonchev–Trinajstić information content (AvgIpc) is 3.35. The fourth-order valence-corrected chi connectivity index (χ4v) is 3.96. The fraction of sp³-hybridized carbons (Fsp3) is 0.545. The Morgan fingerprint density at radius 3 is 2.26 bits per heavy atom. The lowest BCUT2D eigenvalue weighted by atomic mass is 10.0. The second-order valence-electron chi connectivity index (χ2n) is 8.01. The quantitative estimate of drug-likeness (QED) is 0.180. The summed E-state index contributed by atoms with van der Waals surface area (Å²) in [7, 11) is 0. The Labute approximate surface area is 202 Å². The first-order valence-electron chi connectivity index (χ1n) is 11.0. The van der Waals surface area contributed by atoms with E-state index in [1.807, 2.05) is 6.26 Å². The summed E-state index contributed by atoms with van der Waals surface area (Å²) in [6, 6.07) is 1.95. The number of carbonyl (C=O) groups is 4. The Hall–Kier alpha value is -2.83. The number of carbonyl (C=O) groups excluding carboxylic acids is 3. The zero-order valence-electron chi connectivity index (χ0n) is 19.0. The Bertz CT molecular complexity index is 846. The third-order valence-electron chi connectivity index (χ3n) is 5.43. The molecular formula is C22H32N4O7S. The summed E-state index contributed by atoms with van der Waals surface area (Å²) in [5, 5.41) is 39.1. The number of rotatable bonds is 13. The molecule has 0 aromatic heterocycles. The maximum Gasteiger partial charge on any atom is 0.326 e.